The topological polar surface area (TPSA) is 37.4 Å². The summed E-state index contributed by atoms with van der Waals surface area (Å²) in [5, 5.41) is 0. The minimum atomic E-state index is -0.367. The maximum atomic E-state index is 13.0. The third-order valence-corrected chi connectivity index (χ3v) is 3.76. The van der Waals surface area contributed by atoms with Crippen molar-refractivity contribution in [1.29, 1.82) is 0 Å². The number of hydrogen-bond donors (Lipinski definition) is 0. The first kappa shape index (κ1) is 14.6. The van der Waals surface area contributed by atoms with Gasteiger partial charge < -0.3 is 4.90 Å². The Morgan fingerprint density at radius 3 is 2.40 bits per heavy atom. The van der Waals surface area contributed by atoms with Gasteiger partial charge in [-0.1, -0.05) is 0 Å². The predicted octanol–water partition coefficient (Wildman–Crippen LogP) is 3.25. The lowest BCUT2D eigenvalue weighted by atomic mass is 10.0. The molecule has 1 amide bonds. The molecule has 102 valence electrons. The Morgan fingerprint density at radius 2 is 1.85 bits per heavy atom. The SMILES string of the molecule is CN(C=O)c1ccc(C(=O)c2ccc(F)cc2I)cc1. The van der Waals surface area contributed by atoms with Crippen LogP contribution in [0.3, 0.4) is 0 Å². The van der Waals surface area contributed by atoms with Crippen molar-refractivity contribution in [2.75, 3.05) is 11.9 Å². The van der Waals surface area contributed by atoms with Crippen LogP contribution in [0.1, 0.15) is 15.9 Å². The molecule has 5 heteroatoms. The van der Waals surface area contributed by atoms with Gasteiger partial charge in [-0.15, -0.1) is 0 Å². The number of amides is 1. The average Bonchev–Trinajstić information content (AvgIpc) is 2.46. The lowest BCUT2D eigenvalue weighted by molar-refractivity contribution is -0.107. The highest BCUT2D eigenvalue weighted by molar-refractivity contribution is 14.1. The molecule has 0 saturated heterocycles. The largest absolute Gasteiger partial charge is 0.318 e. The summed E-state index contributed by atoms with van der Waals surface area (Å²) >= 11 is 1.94. The maximum absolute atomic E-state index is 13.0. The van der Waals surface area contributed by atoms with E-state index in [1.54, 1.807) is 31.3 Å². The average molecular weight is 383 g/mol. The van der Waals surface area contributed by atoms with E-state index in [0.717, 1.165) is 0 Å². The number of anilines is 1. The van der Waals surface area contributed by atoms with Gasteiger partial charge in [-0.2, -0.15) is 0 Å². The molecule has 20 heavy (non-hydrogen) atoms. The molecular formula is C15H11FINO2. The van der Waals surface area contributed by atoms with Gasteiger partial charge in [-0.25, -0.2) is 4.39 Å². The van der Waals surface area contributed by atoms with Crippen LogP contribution in [-0.2, 0) is 4.79 Å². The first-order valence-corrected chi connectivity index (χ1v) is 6.88. The molecular weight excluding hydrogens is 372 g/mol. The van der Waals surface area contributed by atoms with Gasteiger partial charge in [0.05, 0.1) is 0 Å². The van der Waals surface area contributed by atoms with E-state index in [9.17, 15) is 14.0 Å². The number of benzene rings is 2. The van der Waals surface area contributed by atoms with Crippen molar-refractivity contribution in [2.24, 2.45) is 0 Å². The number of halogens is 2. The molecule has 0 bridgehead atoms. The molecule has 0 atom stereocenters. The third-order valence-electron chi connectivity index (χ3n) is 2.87. The summed E-state index contributed by atoms with van der Waals surface area (Å²) in [5.41, 5.74) is 1.66. The van der Waals surface area contributed by atoms with E-state index < -0.39 is 0 Å². The van der Waals surface area contributed by atoms with Crippen LogP contribution in [0.2, 0.25) is 0 Å². The number of hydrogen-bond acceptors (Lipinski definition) is 2. The van der Waals surface area contributed by atoms with Gasteiger partial charge in [0, 0.05) is 27.4 Å². The highest BCUT2D eigenvalue weighted by atomic mass is 127. The highest BCUT2D eigenvalue weighted by Crippen LogP contribution is 2.20. The Labute approximate surface area is 129 Å². The molecule has 0 aliphatic carbocycles. The van der Waals surface area contributed by atoms with E-state index in [0.29, 0.717) is 26.8 Å². The van der Waals surface area contributed by atoms with E-state index in [1.165, 1.54) is 23.1 Å². The lowest BCUT2D eigenvalue weighted by Crippen LogP contribution is -2.13. The highest BCUT2D eigenvalue weighted by Gasteiger charge is 2.13. The Balaban J connectivity index is 2.31. The normalized spacial score (nSPS) is 10.2. The molecule has 2 aromatic carbocycles. The summed E-state index contributed by atoms with van der Waals surface area (Å²) in [4.78, 5) is 24.4. The van der Waals surface area contributed by atoms with E-state index >= 15 is 0 Å². The van der Waals surface area contributed by atoms with Crippen LogP contribution in [0.5, 0.6) is 0 Å². The fourth-order valence-corrected chi connectivity index (χ4v) is 2.46. The second-order valence-electron chi connectivity index (χ2n) is 4.22. The van der Waals surface area contributed by atoms with Crippen LogP contribution >= 0.6 is 22.6 Å². The molecule has 0 N–H and O–H groups in total. The van der Waals surface area contributed by atoms with Crippen molar-refractivity contribution < 1.29 is 14.0 Å². The summed E-state index contributed by atoms with van der Waals surface area (Å²) in [6.07, 6.45) is 0.694. The van der Waals surface area contributed by atoms with Crippen LogP contribution in [0.4, 0.5) is 10.1 Å². The summed E-state index contributed by atoms with van der Waals surface area (Å²) in [7, 11) is 1.63. The summed E-state index contributed by atoms with van der Waals surface area (Å²) < 4.78 is 13.6. The molecule has 0 heterocycles. The van der Waals surface area contributed by atoms with E-state index in [-0.39, 0.29) is 11.6 Å². The second-order valence-corrected chi connectivity index (χ2v) is 5.38. The van der Waals surface area contributed by atoms with Gasteiger partial charge in [0.15, 0.2) is 5.78 Å². The molecule has 0 aromatic heterocycles. The Kier molecular flexibility index (Phi) is 4.49. The first-order valence-electron chi connectivity index (χ1n) is 5.81. The zero-order valence-electron chi connectivity index (χ0n) is 10.6. The molecule has 0 radical (unpaired) electrons. The van der Waals surface area contributed by atoms with E-state index in [4.69, 9.17) is 0 Å². The van der Waals surface area contributed by atoms with Crippen LogP contribution in [0.15, 0.2) is 42.5 Å². The minimum Gasteiger partial charge on any atom is -0.318 e. The number of rotatable bonds is 4. The quantitative estimate of drug-likeness (QED) is 0.462. The Morgan fingerprint density at radius 1 is 1.20 bits per heavy atom. The molecule has 0 aliphatic rings. The smallest absolute Gasteiger partial charge is 0.213 e. The number of carbonyl (C=O) groups is 2. The van der Waals surface area contributed by atoms with Gasteiger partial charge in [0.1, 0.15) is 5.82 Å². The summed E-state index contributed by atoms with van der Waals surface area (Å²) in [6, 6.07) is 10.8. The zero-order valence-corrected chi connectivity index (χ0v) is 12.8. The number of ketones is 1. The second kappa shape index (κ2) is 6.13. The van der Waals surface area contributed by atoms with Crippen LogP contribution in [-0.4, -0.2) is 19.2 Å². The lowest BCUT2D eigenvalue weighted by Gasteiger charge is -2.11. The molecule has 2 aromatic rings. The van der Waals surface area contributed by atoms with Crippen molar-refractivity contribution in [1.82, 2.24) is 0 Å². The van der Waals surface area contributed by atoms with Gasteiger partial charge in [0.25, 0.3) is 0 Å². The Bertz CT molecular complexity index is 655. The molecule has 3 nitrogen and oxygen atoms in total. The molecule has 0 saturated carbocycles. The van der Waals surface area contributed by atoms with Gasteiger partial charge >= 0.3 is 0 Å². The standard InChI is InChI=1S/C15H11FINO2/c1-18(9-19)12-5-2-10(3-6-12)15(20)13-7-4-11(16)8-14(13)17/h2-9H,1H3. The zero-order chi connectivity index (χ0) is 14.7. The van der Waals surface area contributed by atoms with Crippen LogP contribution in [0.25, 0.3) is 0 Å². The summed E-state index contributed by atoms with van der Waals surface area (Å²) in [6.45, 7) is 0. The number of nitrogens with zero attached hydrogens (tertiary/aromatic N) is 1. The van der Waals surface area contributed by atoms with Crippen LogP contribution < -0.4 is 4.90 Å². The molecule has 2 rings (SSSR count). The van der Waals surface area contributed by atoms with Crippen molar-refractivity contribution in [3.05, 3.63) is 63.0 Å². The van der Waals surface area contributed by atoms with Gasteiger partial charge in [0.2, 0.25) is 6.41 Å². The number of carbonyl (C=O) groups excluding carboxylic acids is 2. The fourth-order valence-electron chi connectivity index (χ4n) is 1.74. The maximum Gasteiger partial charge on any atom is 0.213 e. The van der Waals surface area contributed by atoms with E-state index in [2.05, 4.69) is 0 Å². The van der Waals surface area contributed by atoms with Gasteiger partial charge in [-0.05, 0) is 65.1 Å². The van der Waals surface area contributed by atoms with Gasteiger partial charge in [-0.3, -0.25) is 9.59 Å². The molecule has 0 unspecified atom stereocenters. The van der Waals surface area contributed by atoms with E-state index in [1.807, 2.05) is 22.6 Å². The predicted molar refractivity (Wildman–Crippen MR) is 83.5 cm³/mol. The fraction of sp³-hybridized carbons (Fsp3) is 0.0667. The first-order chi connectivity index (χ1) is 9.52. The monoisotopic (exact) mass is 383 g/mol. The van der Waals surface area contributed by atoms with Crippen molar-refractivity contribution in [2.45, 2.75) is 0 Å². The Hall–Kier alpha value is -1.76. The van der Waals surface area contributed by atoms with Crippen LogP contribution in [0, 0.1) is 9.39 Å². The van der Waals surface area contributed by atoms with Crippen molar-refractivity contribution in [3.63, 3.8) is 0 Å². The third kappa shape index (κ3) is 3.04. The van der Waals surface area contributed by atoms with Crippen molar-refractivity contribution >= 4 is 40.5 Å². The molecule has 0 spiro atoms. The molecule has 0 fully saturated rings. The summed E-state index contributed by atoms with van der Waals surface area (Å²) in [5.74, 6) is -0.538. The molecule has 0 aliphatic heterocycles. The van der Waals surface area contributed by atoms with Crippen molar-refractivity contribution in [3.8, 4) is 0 Å². The minimum absolute atomic E-state index is 0.172.